The van der Waals surface area contributed by atoms with Gasteiger partial charge in [-0.3, -0.25) is 9.48 Å². The van der Waals surface area contributed by atoms with E-state index in [1.165, 1.54) is 0 Å². The van der Waals surface area contributed by atoms with Crippen LogP contribution < -0.4 is 5.32 Å². The van der Waals surface area contributed by atoms with Gasteiger partial charge in [-0.15, -0.1) is 0 Å². The van der Waals surface area contributed by atoms with E-state index >= 15 is 0 Å². The Hall–Kier alpha value is -1.20. The first-order valence-corrected chi connectivity index (χ1v) is 5.97. The maximum Gasteiger partial charge on any atom is 0.140 e. The lowest BCUT2D eigenvalue weighted by atomic mass is 9.95. The lowest BCUT2D eigenvalue weighted by Crippen LogP contribution is -2.37. The molecule has 2 rings (SSSR count). The van der Waals surface area contributed by atoms with E-state index in [2.05, 4.69) is 10.4 Å². The van der Waals surface area contributed by atoms with Crippen LogP contribution in [0.2, 0.25) is 0 Å². The summed E-state index contributed by atoms with van der Waals surface area (Å²) in [6.07, 6.45) is 3.07. The molecule has 1 N–H and O–H groups in total. The molecule has 0 amide bonds. The fourth-order valence-electron chi connectivity index (χ4n) is 2.24. The Kier molecular flexibility index (Phi) is 3.91. The molecule has 1 aliphatic heterocycles. The van der Waals surface area contributed by atoms with Gasteiger partial charge in [0.25, 0.3) is 0 Å². The van der Waals surface area contributed by atoms with Crippen LogP contribution >= 0.6 is 0 Å². The Morgan fingerprint density at radius 1 is 1.65 bits per heavy atom. The standard InChI is InChI=1S/C12H19N3O2/c1-13-11-8-17-7-10(11)12(16)4-3-9-5-6-14-15(9)2/h5-6,10-11,13H,3-4,7-8H2,1-2H3. The quantitative estimate of drug-likeness (QED) is 0.792. The topological polar surface area (TPSA) is 56.1 Å². The normalized spacial score (nSPS) is 24.1. The average Bonchev–Trinajstić information content (AvgIpc) is 2.94. The molecule has 94 valence electrons. The molecule has 0 radical (unpaired) electrons. The second kappa shape index (κ2) is 5.42. The molecule has 0 saturated carbocycles. The highest BCUT2D eigenvalue weighted by atomic mass is 16.5. The minimum atomic E-state index is 0.00762. The average molecular weight is 237 g/mol. The molecular formula is C12H19N3O2. The number of ketones is 1. The second-order valence-corrected chi connectivity index (χ2v) is 4.45. The highest BCUT2D eigenvalue weighted by molar-refractivity contribution is 5.82. The van der Waals surface area contributed by atoms with E-state index in [1.54, 1.807) is 6.20 Å². The number of aryl methyl sites for hydroxylation is 2. The van der Waals surface area contributed by atoms with Crippen LogP contribution in [0.1, 0.15) is 12.1 Å². The molecule has 1 aromatic rings. The van der Waals surface area contributed by atoms with E-state index in [9.17, 15) is 4.79 Å². The number of carbonyl (C=O) groups excluding carboxylic acids is 1. The molecule has 1 aliphatic rings. The largest absolute Gasteiger partial charge is 0.379 e. The van der Waals surface area contributed by atoms with Crippen molar-refractivity contribution in [3.8, 4) is 0 Å². The number of likely N-dealkylation sites (N-methyl/N-ethyl adjacent to an activating group) is 1. The number of rotatable bonds is 5. The van der Waals surface area contributed by atoms with Crippen molar-refractivity contribution in [2.75, 3.05) is 20.3 Å². The van der Waals surface area contributed by atoms with Crippen molar-refractivity contribution in [1.82, 2.24) is 15.1 Å². The SMILES string of the molecule is CNC1COCC1C(=O)CCc1ccnn1C. The fraction of sp³-hybridized carbons (Fsp3) is 0.667. The Morgan fingerprint density at radius 3 is 3.12 bits per heavy atom. The molecule has 1 fully saturated rings. The zero-order valence-corrected chi connectivity index (χ0v) is 10.3. The van der Waals surface area contributed by atoms with E-state index in [0.29, 0.717) is 19.6 Å². The first kappa shape index (κ1) is 12.3. The zero-order valence-electron chi connectivity index (χ0n) is 10.3. The summed E-state index contributed by atoms with van der Waals surface area (Å²) in [6, 6.07) is 2.13. The number of nitrogens with zero attached hydrogens (tertiary/aromatic N) is 2. The van der Waals surface area contributed by atoms with Gasteiger partial charge in [0, 0.05) is 31.4 Å². The van der Waals surface area contributed by atoms with Gasteiger partial charge in [-0.2, -0.15) is 5.10 Å². The highest BCUT2D eigenvalue weighted by Gasteiger charge is 2.32. The predicted molar refractivity (Wildman–Crippen MR) is 63.7 cm³/mol. The molecule has 5 heteroatoms. The van der Waals surface area contributed by atoms with Crippen molar-refractivity contribution >= 4 is 5.78 Å². The van der Waals surface area contributed by atoms with E-state index < -0.39 is 0 Å². The molecule has 2 unspecified atom stereocenters. The van der Waals surface area contributed by atoms with Crippen molar-refractivity contribution < 1.29 is 9.53 Å². The molecular weight excluding hydrogens is 218 g/mol. The van der Waals surface area contributed by atoms with Crippen LogP contribution in [-0.4, -0.2) is 41.9 Å². The minimum absolute atomic E-state index is 0.00762. The number of hydrogen-bond donors (Lipinski definition) is 1. The van der Waals surface area contributed by atoms with E-state index in [-0.39, 0.29) is 17.7 Å². The number of ether oxygens (including phenoxy) is 1. The van der Waals surface area contributed by atoms with Gasteiger partial charge in [0.1, 0.15) is 5.78 Å². The summed E-state index contributed by atoms with van der Waals surface area (Å²) in [7, 11) is 3.77. The van der Waals surface area contributed by atoms with Crippen LogP contribution in [0.5, 0.6) is 0 Å². The van der Waals surface area contributed by atoms with Gasteiger partial charge in [0.2, 0.25) is 0 Å². The molecule has 0 aromatic carbocycles. The van der Waals surface area contributed by atoms with Crippen molar-refractivity contribution in [2.45, 2.75) is 18.9 Å². The zero-order chi connectivity index (χ0) is 12.3. The van der Waals surface area contributed by atoms with Crippen LogP contribution in [0, 0.1) is 5.92 Å². The molecule has 0 spiro atoms. The third-order valence-corrected chi connectivity index (χ3v) is 3.41. The monoisotopic (exact) mass is 237 g/mol. The first-order chi connectivity index (χ1) is 8.22. The Labute approximate surface area is 101 Å². The lowest BCUT2D eigenvalue weighted by Gasteiger charge is -2.15. The van der Waals surface area contributed by atoms with Crippen LogP contribution in [0.4, 0.5) is 0 Å². The summed E-state index contributed by atoms with van der Waals surface area (Å²) < 4.78 is 7.16. The van der Waals surface area contributed by atoms with Gasteiger partial charge in [-0.05, 0) is 19.5 Å². The van der Waals surface area contributed by atoms with Crippen LogP contribution in [-0.2, 0) is 23.0 Å². The third kappa shape index (κ3) is 2.73. The maximum absolute atomic E-state index is 12.1. The van der Waals surface area contributed by atoms with Crippen LogP contribution in [0.3, 0.4) is 0 Å². The molecule has 2 heterocycles. The molecule has 0 aliphatic carbocycles. The second-order valence-electron chi connectivity index (χ2n) is 4.45. The minimum Gasteiger partial charge on any atom is -0.379 e. The Bertz CT molecular complexity index is 389. The van der Waals surface area contributed by atoms with Crippen molar-refractivity contribution in [3.05, 3.63) is 18.0 Å². The summed E-state index contributed by atoms with van der Waals surface area (Å²) in [5, 5.41) is 7.23. The summed E-state index contributed by atoms with van der Waals surface area (Å²) >= 11 is 0. The van der Waals surface area contributed by atoms with Crippen LogP contribution in [0.15, 0.2) is 12.3 Å². The molecule has 5 nitrogen and oxygen atoms in total. The van der Waals surface area contributed by atoms with E-state index in [1.807, 2.05) is 24.8 Å². The van der Waals surface area contributed by atoms with Gasteiger partial charge in [0.15, 0.2) is 0 Å². The molecule has 2 atom stereocenters. The summed E-state index contributed by atoms with van der Waals surface area (Å²) in [5.41, 5.74) is 1.10. The van der Waals surface area contributed by atoms with E-state index in [4.69, 9.17) is 4.74 Å². The van der Waals surface area contributed by atoms with Crippen molar-refractivity contribution in [2.24, 2.45) is 13.0 Å². The number of Topliss-reactive ketones (excluding diaryl/α,β-unsaturated/α-hetero) is 1. The van der Waals surface area contributed by atoms with Gasteiger partial charge in [0.05, 0.1) is 19.1 Å². The number of hydrogen-bond acceptors (Lipinski definition) is 4. The predicted octanol–water partition coefficient (Wildman–Crippen LogP) is 0.156. The smallest absolute Gasteiger partial charge is 0.140 e. The third-order valence-electron chi connectivity index (χ3n) is 3.41. The van der Waals surface area contributed by atoms with E-state index in [0.717, 1.165) is 12.1 Å². The van der Waals surface area contributed by atoms with Gasteiger partial charge in [-0.25, -0.2) is 0 Å². The Balaban J connectivity index is 1.87. The molecule has 1 aromatic heterocycles. The van der Waals surface area contributed by atoms with Gasteiger partial charge < -0.3 is 10.1 Å². The number of aromatic nitrogens is 2. The fourth-order valence-corrected chi connectivity index (χ4v) is 2.24. The lowest BCUT2D eigenvalue weighted by molar-refractivity contribution is -0.123. The van der Waals surface area contributed by atoms with Gasteiger partial charge in [-0.1, -0.05) is 0 Å². The van der Waals surface area contributed by atoms with Crippen molar-refractivity contribution in [3.63, 3.8) is 0 Å². The summed E-state index contributed by atoms with van der Waals surface area (Å²) in [6.45, 7) is 1.19. The number of nitrogens with one attached hydrogen (secondary N) is 1. The molecule has 1 saturated heterocycles. The maximum atomic E-state index is 12.1. The molecule has 17 heavy (non-hydrogen) atoms. The molecule has 0 bridgehead atoms. The number of carbonyl (C=O) groups is 1. The highest BCUT2D eigenvalue weighted by Crippen LogP contribution is 2.17. The summed E-state index contributed by atoms with van der Waals surface area (Å²) in [5.74, 6) is 0.288. The van der Waals surface area contributed by atoms with Gasteiger partial charge >= 0.3 is 0 Å². The summed E-state index contributed by atoms with van der Waals surface area (Å²) in [4.78, 5) is 12.1. The first-order valence-electron chi connectivity index (χ1n) is 5.97. The Morgan fingerprint density at radius 2 is 2.47 bits per heavy atom. The van der Waals surface area contributed by atoms with Crippen LogP contribution in [0.25, 0.3) is 0 Å². The van der Waals surface area contributed by atoms with Crippen molar-refractivity contribution in [1.29, 1.82) is 0 Å².